The second-order valence-corrected chi connectivity index (χ2v) is 8.66. The van der Waals surface area contributed by atoms with E-state index in [1.54, 1.807) is 46.1 Å². The molecule has 2 rings (SSSR count). The number of benzene rings is 2. The molecule has 0 spiro atoms. The molecule has 0 fully saturated rings. The number of rotatable bonds is 6. The zero-order valence-corrected chi connectivity index (χ0v) is 16.6. The molecule has 2 N–H and O–H groups in total. The van der Waals surface area contributed by atoms with Gasteiger partial charge in [-0.1, -0.05) is 12.1 Å². The number of carbonyl (C=O) groups excluding carboxylic acids is 1. The van der Waals surface area contributed by atoms with Crippen LogP contribution >= 0.6 is 0 Å². The van der Waals surface area contributed by atoms with Gasteiger partial charge in [0.2, 0.25) is 15.9 Å². The normalized spacial score (nSPS) is 12.1. The lowest BCUT2D eigenvalue weighted by Gasteiger charge is -2.20. The van der Waals surface area contributed by atoms with Gasteiger partial charge in [-0.05, 0) is 68.8 Å². The van der Waals surface area contributed by atoms with Crippen LogP contribution in [0.25, 0.3) is 6.08 Å². The van der Waals surface area contributed by atoms with E-state index in [1.165, 1.54) is 18.2 Å². The van der Waals surface area contributed by atoms with Gasteiger partial charge in [0.15, 0.2) is 0 Å². The van der Waals surface area contributed by atoms with Crippen molar-refractivity contribution in [2.75, 3.05) is 12.4 Å². The summed E-state index contributed by atoms with van der Waals surface area (Å²) in [5.74, 6) is 0.432. The first kappa shape index (κ1) is 20.7. The second-order valence-electron chi connectivity index (χ2n) is 6.98. The molecule has 2 aromatic rings. The standard InChI is InChI=1S/C20H24N2O4S/c1-20(2,3)22-27(24,25)18-12-8-16(9-13-18)21-19(23)14-7-15-5-10-17(26-4)11-6-15/h5-14,22H,1-4H3,(H,21,23)/b14-7+. The molecule has 144 valence electrons. The predicted molar refractivity (Wildman–Crippen MR) is 107 cm³/mol. The lowest BCUT2D eigenvalue weighted by atomic mass is 10.1. The molecule has 0 aromatic heterocycles. The molecule has 0 unspecified atom stereocenters. The van der Waals surface area contributed by atoms with E-state index in [2.05, 4.69) is 10.0 Å². The molecule has 0 aliphatic heterocycles. The SMILES string of the molecule is COc1ccc(/C=C/C(=O)Nc2ccc(S(=O)(=O)NC(C)(C)C)cc2)cc1. The van der Waals surface area contributed by atoms with Crippen molar-refractivity contribution < 1.29 is 17.9 Å². The van der Waals surface area contributed by atoms with Crippen LogP contribution < -0.4 is 14.8 Å². The van der Waals surface area contributed by atoms with Gasteiger partial charge in [-0.2, -0.15) is 0 Å². The van der Waals surface area contributed by atoms with Crippen LogP contribution in [-0.4, -0.2) is 27.0 Å². The largest absolute Gasteiger partial charge is 0.497 e. The Morgan fingerprint density at radius 2 is 1.59 bits per heavy atom. The van der Waals surface area contributed by atoms with Crippen molar-refractivity contribution in [2.24, 2.45) is 0 Å². The van der Waals surface area contributed by atoms with E-state index in [1.807, 2.05) is 24.3 Å². The van der Waals surface area contributed by atoms with Gasteiger partial charge < -0.3 is 10.1 Å². The molecule has 0 atom stereocenters. The minimum Gasteiger partial charge on any atom is -0.497 e. The summed E-state index contributed by atoms with van der Waals surface area (Å²) >= 11 is 0. The molecule has 0 aliphatic rings. The Balaban J connectivity index is 2.01. The Morgan fingerprint density at radius 1 is 1.00 bits per heavy atom. The van der Waals surface area contributed by atoms with Gasteiger partial charge in [0, 0.05) is 17.3 Å². The maximum atomic E-state index is 12.3. The van der Waals surface area contributed by atoms with Crippen LogP contribution in [0.2, 0.25) is 0 Å². The molecule has 0 aliphatic carbocycles. The molecule has 0 saturated carbocycles. The lowest BCUT2D eigenvalue weighted by molar-refractivity contribution is -0.111. The fraction of sp³-hybridized carbons (Fsp3) is 0.250. The van der Waals surface area contributed by atoms with Gasteiger partial charge in [0.25, 0.3) is 0 Å². The smallest absolute Gasteiger partial charge is 0.248 e. The number of methoxy groups -OCH3 is 1. The number of sulfonamides is 1. The van der Waals surface area contributed by atoms with E-state index in [0.29, 0.717) is 5.69 Å². The molecule has 27 heavy (non-hydrogen) atoms. The molecule has 7 heteroatoms. The average molecular weight is 388 g/mol. The van der Waals surface area contributed by atoms with E-state index < -0.39 is 15.6 Å². The van der Waals surface area contributed by atoms with Crippen LogP contribution in [0.15, 0.2) is 59.5 Å². The van der Waals surface area contributed by atoms with E-state index in [4.69, 9.17) is 4.74 Å². The third-order valence-corrected chi connectivity index (χ3v) is 5.19. The topological polar surface area (TPSA) is 84.5 Å². The quantitative estimate of drug-likeness (QED) is 0.743. The Kier molecular flexibility index (Phi) is 6.41. The summed E-state index contributed by atoms with van der Waals surface area (Å²) in [6.07, 6.45) is 3.09. The van der Waals surface area contributed by atoms with Gasteiger partial charge in [-0.15, -0.1) is 0 Å². The summed E-state index contributed by atoms with van der Waals surface area (Å²) in [5, 5.41) is 2.70. The van der Waals surface area contributed by atoms with Crippen molar-refractivity contribution >= 4 is 27.7 Å². The van der Waals surface area contributed by atoms with Gasteiger partial charge in [0.05, 0.1) is 12.0 Å². The number of hydrogen-bond donors (Lipinski definition) is 2. The van der Waals surface area contributed by atoms with E-state index >= 15 is 0 Å². The summed E-state index contributed by atoms with van der Waals surface area (Å²) < 4.78 is 32.2. The number of nitrogens with one attached hydrogen (secondary N) is 2. The monoisotopic (exact) mass is 388 g/mol. The van der Waals surface area contributed by atoms with Crippen molar-refractivity contribution in [1.82, 2.24) is 4.72 Å². The van der Waals surface area contributed by atoms with Crippen LogP contribution in [0, 0.1) is 0 Å². The molecule has 0 bridgehead atoms. The van der Waals surface area contributed by atoms with E-state index in [9.17, 15) is 13.2 Å². The van der Waals surface area contributed by atoms with Gasteiger partial charge in [0.1, 0.15) is 5.75 Å². The Morgan fingerprint density at radius 3 is 2.11 bits per heavy atom. The lowest BCUT2D eigenvalue weighted by Crippen LogP contribution is -2.40. The highest BCUT2D eigenvalue weighted by Gasteiger charge is 2.21. The Hall–Kier alpha value is -2.64. The first-order valence-corrected chi connectivity index (χ1v) is 9.84. The molecular formula is C20H24N2O4S. The second kappa shape index (κ2) is 8.37. The number of anilines is 1. The molecular weight excluding hydrogens is 364 g/mol. The fourth-order valence-electron chi connectivity index (χ4n) is 2.25. The number of ether oxygens (including phenoxy) is 1. The van der Waals surface area contributed by atoms with E-state index in [0.717, 1.165) is 11.3 Å². The third kappa shape index (κ3) is 6.54. The van der Waals surface area contributed by atoms with Crippen molar-refractivity contribution in [1.29, 1.82) is 0 Å². The third-order valence-electron chi connectivity index (χ3n) is 3.42. The number of hydrogen-bond acceptors (Lipinski definition) is 4. The summed E-state index contributed by atoms with van der Waals surface area (Å²) in [6, 6.07) is 13.3. The summed E-state index contributed by atoms with van der Waals surface area (Å²) in [4.78, 5) is 12.2. The zero-order valence-electron chi connectivity index (χ0n) is 15.8. The average Bonchev–Trinajstić information content (AvgIpc) is 2.59. The van der Waals surface area contributed by atoms with Crippen molar-refractivity contribution in [3.8, 4) is 5.75 Å². The first-order chi connectivity index (χ1) is 12.6. The van der Waals surface area contributed by atoms with Crippen molar-refractivity contribution in [2.45, 2.75) is 31.2 Å². The Labute approximate surface area is 160 Å². The molecule has 2 aromatic carbocycles. The molecule has 0 radical (unpaired) electrons. The highest BCUT2D eigenvalue weighted by atomic mass is 32.2. The molecule has 0 saturated heterocycles. The number of amides is 1. The van der Waals surface area contributed by atoms with Crippen molar-refractivity contribution in [3.63, 3.8) is 0 Å². The van der Waals surface area contributed by atoms with Crippen LogP contribution in [-0.2, 0) is 14.8 Å². The molecule has 1 amide bonds. The highest BCUT2D eigenvalue weighted by molar-refractivity contribution is 7.89. The van der Waals surface area contributed by atoms with Crippen LogP contribution in [0.1, 0.15) is 26.3 Å². The number of carbonyl (C=O) groups is 1. The minimum absolute atomic E-state index is 0.143. The molecule has 6 nitrogen and oxygen atoms in total. The highest BCUT2D eigenvalue weighted by Crippen LogP contribution is 2.17. The van der Waals surface area contributed by atoms with Crippen LogP contribution in [0.4, 0.5) is 5.69 Å². The fourth-order valence-corrected chi connectivity index (χ4v) is 3.67. The summed E-state index contributed by atoms with van der Waals surface area (Å²) in [6.45, 7) is 5.32. The van der Waals surface area contributed by atoms with Crippen LogP contribution in [0.5, 0.6) is 5.75 Å². The van der Waals surface area contributed by atoms with Gasteiger partial charge in [-0.25, -0.2) is 13.1 Å². The van der Waals surface area contributed by atoms with Crippen LogP contribution in [0.3, 0.4) is 0 Å². The summed E-state index contributed by atoms with van der Waals surface area (Å²) in [5.41, 5.74) is 0.799. The summed E-state index contributed by atoms with van der Waals surface area (Å²) in [7, 11) is -2.01. The zero-order chi connectivity index (χ0) is 20.1. The molecule has 0 heterocycles. The van der Waals surface area contributed by atoms with E-state index in [-0.39, 0.29) is 10.8 Å². The maximum Gasteiger partial charge on any atom is 0.248 e. The van der Waals surface area contributed by atoms with Crippen molar-refractivity contribution in [3.05, 3.63) is 60.2 Å². The maximum absolute atomic E-state index is 12.3. The van der Waals surface area contributed by atoms with Gasteiger partial charge in [-0.3, -0.25) is 4.79 Å². The Bertz CT molecular complexity index is 910. The minimum atomic E-state index is -3.60. The van der Waals surface area contributed by atoms with Gasteiger partial charge >= 0.3 is 0 Å². The predicted octanol–water partition coefficient (Wildman–Crippen LogP) is 3.42. The first-order valence-electron chi connectivity index (χ1n) is 8.36.